The predicted octanol–water partition coefficient (Wildman–Crippen LogP) is 1.05. The molecule has 1 unspecified atom stereocenters. The van der Waals surface area contributed by atoms with Crippen molar-refractivity contribution in [3.05, 3.63) is 0 Å². The van der Waals surface area contributed by atoms with Crippen LogP contribution in [0.5, 0.6) is 0 Å². The van der Waals surface area contributed by atoms with Crippen molar-refractivity contribution in [3.63, 3.8) is 0 Å². The number of hydrogen-bond donors (Lipinski definition) is 1. The van der Waals surface area contributed by atoms with Gasteiger partial charge in [0.15, 0.2) is 5.41 Å². The smallest absolute Gasteiger partial charge is 0.315 e. The van der Waals surface area contributed by atoms with Gasteiger partial charge in [-0.1, -0.05) is 0 Å². The maximum atomic E-state index is 12.2. The Morgan fingerprint density at radius 2 is 2.09 bits per heavy atom. The van der Waals surface area contributed by atoms with Gasteiger partial charge in [0.25, 0.3) is 0 Å². The Labute approximate surface area is 62.0 Å². The van der Waals surface area contributed by atoms with Crippen molar-refractivity contribution >= 4 is 0 Å². The Bertz CT molecular complexity index is 185. The summed E-state index contributed by atoms with van der Waals surface area (Å²) in [5.41, 5.74) is -2.13. The van der Waals surface area contributed by atoms with Crippen LogP contribution in [-0.4, -0.2) is 19.3 Å². The lowest BCUT2D eigenvalue weighted by molar-refractivity contribution is -0.195. The van der Waals surface area contributed by atoms with Crippen LogP contribution in [0.1, 0.15) is 6.42 Å². The number of rotatable bonds is 0. The molecule has 2 nitrogen and oxygen atoms in total. The minimum atomic E-state index is -4.40. The molecular weight excluding hydrogens is 157 g/mol. The van der Waals surface area contributed by atoms with Crippen molar-refractivity contribution in [1.82, 2.24) is 5.32 Å². The van der Waals surface area contributed by atoms with E-state index in [1.807, 2.05) is 0 Å². The lowest BCUT2D eigenvalue weighted by Gasteiger charge is -2.22. The highest BCUT2D eigenvalue weighted by Crippen LogP contribution is 2.41. The van der Waals surface area contributed by atoms with Crippen molar-refractivity contribution in [1.29, 1.82) is 5.26 Å². The molecule has 62 valence electrons. The summed E-state index contributed by atoms with van der Waals surface area (Å²) in [5, 5.41) is 10.9. The van der Waals surface area contributed by atoms with E-state index in [2.05, 4.69) is 5.32 Å². The summed E-state index contributed by atoms with van der Waals surface area (Å²) in [7, 11) is 0. The molecule has 0 bridgehead atoms. The third kappa shape index (κ3) is 1.18. The van der Waals surface area contributed by atoms with E-state index < -0.39 is 11.6 Å². The average Bonchev–Trinajstić information content (AvgIpc) is 2.33. The van der Waals surface area contributed by atoms with Crippen LogP contribution < -0.4 is 5.32 Å². The van der Waals surface area contributed by atoms with E-state index in [1.54, 1.807) is 0 Å². The van der Waals surface area contributed by atoms with Crippen molar-refractivity contribution in [2.45, 2.75) is 12.6 Å². The Morgan fingerprint density at radius 3 is 2.27 bits per heavy atom. The molecule has 1 atom stereocenters. The quantitative estimate of drug-likeness (QED) is 0.580. The van der Waals surface area contributed by atoms with E-state index in [9.17, 15) is 13.2 Å². The molecule has 1 N–H and O–H groups in total. The first-order valence-corrected chi connectivity index (χ1v) is 3.20. The van der Waals surface area contributed by atoms with E-state index in [1.165, 1.54) is 6.07 Å². The molecule has 0 aromatic heterocycles. The zero-order valence-corrected chi connectivity index (χ0v) is 5.70. The molecule has 1 fully saturated rings. The number of halogens is 3. The predicted molar refractivity (Wildman–Crippen MR) is 31.6 cm³/mol. The van der Waals surface area contributed by atoms with E-state index in [0.29, 0.717) is 0 Å². The molecule has 5 heteroatoms. The Morgan fingerprint density at radius 1 is 1.45 bits per heavy atom. The van der Waals surface area contributed by atoms with Gasteiger partial charge >= 0.3 is 6.18 Å². The molecule has 0 aromatic rings. The number of nitrogens with zero attached hydrogens (tertiary/aromatic N) is 1. The summed E-state index contributed by atoms with van der Waals surface area (Å²) >= 11 is 0. The minimum Gasteiger partial charge on any atom is -0.315 e. The highest BCUT2D eigenvalue weighted by molar-refractivity contribution is 5.08. The highest BCUT2D eigenvalue weighted by Gasteiger charge is 2.56. The molecule has 0 amide bonds. The van der Waals surface area contributed by atoms with Crippen LogP contribution in [-0.2, 0) is 0 Å². The lowest BCUT2D eigenvalue weighted by Crippen LogP contribution is -2.38. The summed E-state index contributed by atoms with van der Waals surface area (Å²) in [4.78, 5) is 0. The van der Waals surface area contributed by atoms with Gasteiger partial charge < -0.3 is 5.32 Å². The van der Waals surface area contributed by atoms with Crippen LogP contribution in [0.2, 0.25) is 0 Å². The molecule has 1 aliphatic heterocycles. The van der Waals surface area contributed by atoms with Gasteiger partial charge in [0.1, 0.15) is 0 Å². The van der Waals surface area contributed by atoms with Gasteiger partial charge in [-0.25, -0.2) is 0 Å². The van der Waals surface area contributed by atoms with Gasteiger partial charge in [0.2, 0.25) is 0 Å². The molecule has 0 aromatic carbocycles. The molecule has 1 aliphatic rings. The van der Waals surface area contributed by atoms with Crippen LogP contribution in [0.25, 0.3) is 0 Å². The maximum Gasteiger partial charge on any atom is 0.408 e. The van der Waals surface area contributed by atoms with Gasteiger partial charge in [-0.2, -0.15) is 18.4 Å². The van der Waals surface area contributed by atoms with E-state index in [4.69, 9.17) is 5.26 Å². The largest absolute Gasteiger partial charge is 0.408 e. The van der Waals surface area contributed by atoms with Crippen molar-refractivity contribution in [2.75, 3.05) is 13.1 Å². The number of alkyl halides is 3. The zero-order chi connectivity index (χ0) is 8.54. The molecule has 0 radical (unpaired) electrons. The Balaban J connectivity index is 2.86. The first-order chi connectivity index (χ1) is 5.02. The lowest BCUT2D eigenvalue weighted by atomic mass is 9.88. The summed E-state index contributed by atoms with van der Waals surface area (Å²) in [6, 6.07) is 1.33. The number of nitrogens with one attached hydrogen (secondary N) is 1. The molecule has 0 aliphatic carbocycles. The Hall–Kier alpha value is -0.760. The van der Waals surface area contributed by atoms with Gasteiger partial charge in [-0.3, -0.25) is 0 Å². The summed E-state index contributed by atoms with van der Waals surface area (Å²) in [5.74, 6) is 0. The fourth-order valence-electron chi connectivity index (χ4n) is 1.09. The molecule has 1 saturated heterocycles. The number of hydrogen-bond acceptors (Lipinski definition) is 2. The van der Waals surface area contributed by atoms with E-state index in [0.717, 1.165) is 0 Å². The normalized spacial score (nSPS) is 31.8. The molecule has 1 heterocycles. The number of nitriles is 1. The second-order valence-corrected chi connectivity index (χ2v) is 2.62. The molecule has 1 rings (SSSR count). The average molecular weight is 164 g/mol. The van der Waals surface area contributed by atoms with Gasteiger partial charge in [-0.15, -0.1) is 0 Å². The van der Waals surface area contributed by atoms with E-state index >= 15 is 0 Å². The summed E-state index contributed by atoms with van der Waals surface area (Å²) < 4.78 is 36.5. The minimum absolute atomic E-state index is 0.132. The van der Waals surface area contributed by atoms with E-state index in [-0.39, 0.29) is 19.5 Å². The molecule has 0 spiro atoms. The summed E-state index contributed by atoms with van der Waals surface area (Å²) in [6.45, 7) is 0.0000694. The standard InChI is InChI=1S/C6H7F3N2/c7-6(8,9)5(3-10)1-2-11-4-5/h11H,1-2,4H2. The van der Waals surface area contributed by atoms with Gasteiger partial charge in [-0.05, 0) is 13.0 Å². The van der Waals surface area contributed by atoms with Crippen molar-refractivity contribution in [3.8, 4) is 6.07 Å². The molecule has 0 saturated carbocycles. The third-order valence-corrected chi connectivity index (χ3v) is 1.91. The van der Waals surface area contributed by atoms with Crippen LogP contribution in [0.3, 0.4) is 0 Å². The van der Waals surface area contributed by atoms with Crippen molar-refractivity contribution < 1.29 is 13.2 Å². The van der Waals surface area contributed by atoms with Crippen LogP contribution in [0.15, 0.2) is 0 Å². The second kappa shape index (κ2) is 2.38. The van der Waals surface area contributed by atoms with Gasteiger partial charge in [0.05, 0.1) is 6.07 Å². The van der Waals surface area contributed by atoms with Crippen LogP contribution in [0, 0.1) is 16.7 Å². The second-order valence-electron chi connectivity index (χ2n) is 2.62. The topological polar surface area (TPSA) is 35.8 Å². The monoisotopic (exact) mass is 164 g/mol. The molecule has 11 heavy (non-hydrogen) atoms. The fraction of sp³-hybridized carbons (Fsp3) is 0.833. The maximum absolute atomic E-state index is 12.2. The molecular formula is C6H7F3N2. The van der Waals surface area contributed by atoms with Crippen LogP contribution >= 0.6 is 0 Å². The Kier molecular flexibility index (Phi) is 1.80. The first kappa shape index (κ1) is 8.34. The zero-order valence-electron chi connectivity index (χ0n) is 5.70. The van der Waals surface area contributed by atoms with Gasteiger partial charge in [0, 0.05) is 6.54 Å². The highest BCUT2D eigenvalue weighted by atomic mass is 19.4. The van der Waals surface area contributed by atoms with Crippen molar-refractivity contribution in [2.24, 2.45) is 5.41 Å². The third-order valence-electron chi connectivity index (χ3n) is 1.91. The SMILES string of the molecule is N#CC1(C(F)(F)F)CCNC1. The fourth-order valence-corrected chi connectivity index (χ4v) is 1.09. The first-order valence-electron chi connectivity index (χ1n) is 3.20. The summed E-state index contributed by atoms with van der Waals surface area (Å²) in [6.07, 6.45) is -4.53. The van der Waals surface area contributed by atoms with Crippen LogP contribution in [0.4, 0.5) is 13.2 Å².